The van der Waals surface area contributed by atoms with E-state index in [0.717, 1.165) is 17.7 Å². The zero-order chi connectivity index (χ0) is 17.3. The fourth-order valence-electron chi connectivity index (χ4n) is 2.07. The van der Waals surface area contributed by atoms with Gasteiger partial charge in [-0.3, -0.25) is 4.79 Å². The van der Waals surface area contributed by atoms with Crippen molar-refractivity contribution in [3.63, 3.8) is 0 Å². The Balaban J connectivity index is 2.16. The van der Waals surface area contributed by atoms with Crippen LogP contribution >= 0.6 is 0 Å². The summed E-state index contributed by atoms with van der Waals surface area (Å²) in [7, 11) is 0. The molecular weight excluding hydrogens is 303 g/mol. The highest BCUT2D eigenvalue weighted by atomic mass is 19.4. The molecule has 0 saturated heterocycles. The topological polar surface area (TPSA) is 29.1 Å². The number of rotatable bonds is 2. The predicted octanol–water partition coefficient (Wildman–Crippen LogP) is 5.26. The van der Waals surface area contributed by atoms with Gasteiger partial charge in [0.2, 0.25) is 0 Å². The number of carbonyl (C=O) groups excluding carboxylic acids is 1. The summed E-state index contributed by atoms with van der Waals surface area (Å²) in [5, 5.41) is 2.61. The van der Waals surface area contributed by atoms with Gasteiger partial charge in [0.05, 0.1) is 5.56 Å². The van der Waals surface area contributed by atoms with Crippen LogP contribution < -0.4 is 5.32 Å². The van der Waals surface area contributed by atoms with E-state index >= 15 is 0 Å². The van der Waals surface area contributed by atoms with Crippen molar-refractivity contribution in [3.8, 4) is 0 Å². The lowest BCUT2D eigenvalue weighted by Gasteiger charge is -2.19. The van der Waals surface area contributed by atoms with Crippen molar-refractivity contribution >= 4 is 11.6 Å². The number of anilines is 1. The normalized spacial score (nSPS) is 12.1. The number of nitrogens with one attached hydrogen (secondary N) is 1. The summed E-state index contributed by atoms with van der Waals surface area (Å²) in [5.41, 5.74) is 0.967. The molecule has 0 unspecified atom stereocenters. The molecule has 23 heavy (non-hydrogen) atoms. The van der Waals surface area contributed by atoms with Crippen LogP contribution in [0.2, 0.25) is 0 Å². The molecule has 0 aromatic heterocycles. The summed E-state index contributed by atoms with van der Waals surface area (Å²) in [4.78, 5) is 12.2. The minimum absolute atomic E-state index is 0.0926. The van der Waals surface area contributed by atoms with Crippen LogP contribution in [0.5, 0.6) is 0 Å². The maximum absolute atomic E-state index is 12.5. The van der Waals surface area contributed by atoms with E-state index in [-0.39, 0.29) is 11.3 Å². The van der Waals surface area contributed by atoms with Crippen LogP contribution in [0.15, 0.2) is 48.5 Å². The van der Waals surface area contributed by atoms with Crippen LogP contribution in [-0.2, 0) is 11.6 Å². The molecule has 0 bridgehead atoms. The number of hydrogen-bond acceptors (Lipinski definition) is 1. The lowest BCUT2D eigenvalue weighted by molar-refractivity contribution is -0.137. The van der Waals surface area contributed by atoms with Crippen LogP contribution in [-0.4, -0.2) is 5.91 Å². The number of halogens is 3. The molecule has 1 amide bonds. The van der Waals surface area contributed by atoms with Crippen molar-refractivity contribution in [2.75, 3.05) is 5.32 Å². The van der Waals surface area contributed by atoms with Gasteiger partial charge in [-0.1, -0.05) is 32.9 Å². The SMILES string of the molecule is CC(C)(C)c1cccc(C(=O)Nc2ccc(C(F)(F)F)cc2)c1. The smallest absolute Gasteiger partial charge is 0.322 e. The van der Waals surface area contributed by atoms with Gasteiger partial charge >= 0.3 is 6.18 Å². The summed E-state index contributed by atoms with van der Waals surface area (Å²) < 4.78 is 37.5. The van der Waals surface area contributed by atoms with Gasteiger partial charge in [0, 0.05) is 11.3 Å². The molecule has 0 fully saturated rings. The second-order valence-corrected chi connectivity index (χ2v) is 6.36. The van der Waals surface area contributed by atoms with Crippen LogP contribution in [0.4, 0.5) is 18.9 Å². The van der Waals surface area contributed by atoms with E-state index in [0.29, 0.717) is 11.3 Å². The molecule has 0 saturated carbocycles. The first-order chi connectivity index (χ1) is 10.6. The molecule has 2 aromatic rings. The predicted molar refractivity (Wildman–Crippen MR) is 84.5 cm³/mol. The molecule has 0 aliphatic heterocycles. The lowest BCUT2D eigenvalue weighted by Crippen LogP contribution is -2.15. The zero-order valence-corrected chi connectivity index (χ0v) is 13.2. The summed E-state index contributed by atoms with van der Waals surface area (Å²) in [6.45, 7) is 6.12. The van der Waals surface area contributed by atoms with E-state index in [4.69, 9.17) is 0 Å². The van der Waals surface area contributed by atoms with Crippen LogP contribution in [0, 0.1) is 0 Å². The lowest BCUT2D eigenvalue weighted by atomic mass is 9.86. The fourth-order valence-corrected chi connectivity index (χ4v) is 2.07. The highest BCUT2D eigenvalue weighted by Gasteiger charge is 2.30. The van der Waals surface area contributed by atoms with E-state index in [1.54, 1.807) is 18.2 Å². The first-order valence-electron chi connectivity index (χ1n) is 7.16. The van der Waals surface area contributed by atoms with Crippen molar-refractivity contribution in [1.29, 1.82) is 0 Å². The Morgan fingerprint density at radius 3 is 2.04 bits per heavy atom. The van der Waals surface area contributed by atoms with Crippen LogP contribution in [0.25, 0.3) is 0 Å². The average molecular weight is 321 g/mol. The van der Waals surface area contributed by atoms with E-state index in [9.17, 15) is 18.0 Å². The number of benzene rings is 2. The van der Waals surface area contributed by atoms with Gasteiger partial charge in [-0.15, -0.1) is 0 Å². The first kappa shape index (κ1) is 17.1. The second-order valence-electron chi connectivity index (χ2n) is 6.36. The van der Waals surface area contributed by atoms with Gasteiger partial charge in [0.15, 0.2) is 0 Å². The van der Waals surface area contributed by atoms with Crippen molar-refractivity contribution in [1.82, 2.24) is 0 Å². The molecule has 0 heterocycles. The number of amides is 1. The van der Waals surface area contributed by atoms with Gasteiger partial charge < -0.3 is 5.32 Å². The van der Waals surface area contributed by atoms with E-state index in [1.165, 1.54) is 12.1 Å². The molecule has 0 radical (unpaired) electrons. The Kier molecular flexibility index (Phi) is 4.50. The molecule has 122 valence electrons. The highest BCUT2D eigenvalue weighted by Crippen LogP contribution is 2.30. The Bertz CT molecular complexity index is 697. The Morgan fingerprint density at radius 2 is 1.52 bits per heavy atom. The molecule has 1 N–H and O–H groups in total. The third-order valence-corrected chi connectivity index (χ3v) is 3.46. The van der Waals surface area contributed by atoms with Crippen molar-refractivity contribution in [2.45, 2.75) is 32.4 Å². The molecule has 2 rings (SSSR count). The van der Waals surface area contributed by atoms with Crippen molar-refractivity contribution < 1.29 is 18.0 Å². The standard InChI is InChI=1S/C18H18F3NO/c1-17(2,3)14-6-4-5-12(11-14)16(23)22-15-9-7-13(8-10-15)18(19,20)21/h4-11H,1-3H3,(H,22,23). The molecule has 0 atom stereocenters. The second kappa shape index (κ2) is 6.07. The fraction of sp³-hybridized carbons (Fsp3) is 0.278. The summed E-state index contributed by atoms with van der Waals surface area (Å²) in [6.07, 6.45) is -4.39. The van der Waals surface area contributed by atoms with Gasteiger partial charge in [0.1, 0.15) is 0 Å². The Morgan fingerprint density at radius 1 is 0.913 bits per heavy atom. The first-order valence-corrected chi connectivity index (χ1v) is 7.16. The average Bonchev–Trinajstić information content (AvgIpc) is 2.46. The van der Waals surface area contributed by atoms with Crippen LogP contribution in [0.3, 0.4) is 0 Å². The van der Waals surface area contributed by atoms with E-state index < -0.39 is 11.7 Å². The molecule has 2 nitrogen and oxygen atoms in total. The zero-order valence-electron chi connectivity index (χ0n) is 13.2. The molecule has 0 spiro atoms. The molecule has 0 aliphatic rings. The molecular formula is C18H18F3NO. The number of alkyl halides is 3. The van der Waals surface area contributed by atoms with Gasteiger partial charge in [-0.05, 0) is 47.4 Å². The minimum Gasteiger partial charge on any atom is -0.322 e. The Hall–Kier alpha value is -2.30. The largest absolute Gasteiger partial charge is 0.416 e. The molecule has 2 aromatic carbocycles. The third kappa shape index (κ3) is 4.34. The monoisotopic (exact) mass is 321 g/mol. The number of carbonyl (C=O) groups is 1. The summed E-state index contributed by atoms with van der Waals surface area (Å²) in [5.74, 6) is -0.351. The van der Waals surface area contributed by atoms with Crippen molar-refractivity contribution in [3.05, 3.63) is 65.2 Å². The highest BCUT2D eigenvalue weighted by molar-refractivity contribution is 6.04. The maximum atomic E-state index is 12.5. The van der Waals surface area contributed by atoms with Gasteiger partial charge in [-0.2, -0.15) is 13.2 Å². The molecule has 5 heteroatoms. The van der Waals surface area contributed by atoms with E-state index in [1.807, 2.05) is 26.8 Å². The van der Waals surface area contributed by atoms with Crippen molar-refractivity contribution in [2.24, 2.45) is 0 Å². The van der Waals surface area contributed by atoms with Gasteiger partial charge in [-0.25, -0.2) is 0 Å². The molecule has 0 aliphatic carbocycles. The number of hydrogen-bond donors (Lipinski definition) is 1. The summed E-state index contributed by atoms with van der Waals surface area (Å²) in [6, 6.07) is 11.6. The van der Waals surface area contributed by atoms with E-state index in [2.05, 4.69) is 5.32 Å². The third-order valence-electron chi connectivity index (χ3n) is 3.46. The minimum atomic E-state index is -4.39. The maximum Gasteiger partial charge on any atom is 0.416 e. The quantitative estimate of drug-likeness (QED) is 0.803. The van der Waals surface area contributed by atoms with Gasteiger partial charge in [0.25, 0.3) is 5.91 Å². The summed E-state index contributed by atoms with van der Waals surface area (Å²) >= 11 is 0. The Labute approximate surface area is 133 Å². The van der Waals surface area contributed by atoms with Crippen LogP contribution in [0.1, 0.15) is 42.3 Å².